The number of carbonyl (C=O) groups excluding carboxylic acids is 1. The highest BCUT2D eigenvalue weighted by molar-refractivity contribution is 7.99. The monoisotopic (exact) mass is 374 g/mol. The lowest BCUT2D eigenvalue weighted by atomic mass is 10.2. The van der Waals surface area contributed by atoms with Gasteiger partial charge in [-0.3, -0.25) is 4.79 Å². The number of hydrogen-bond acceptors (Lipinski definition) is 6. The van der Waals surface area contributed by atoms with E-state index in [0.29, 0.717) is 18.3 Å². The Morgan fingerprint density at radius 3 is 2.54 bits per heavy atom. The first-order chi connectivity index (χ1) is 12.5. The Labute approximate surface area is 158 Å². The Morgan fingerprint density at radius 1 is 1.19 bits per heavy atom. The van der Waals surface area contributed by atoms with Crippen molar-refractivity contribution < 1.29 is 4.79 Å². The molecule has 0 N–H and O–H groups in total. The number of aromatic nitrogens is 4. The van der Waals surface area contributed by atoms with Crippen LogP contribution in [0.4, 0.5) is 5.69 Å². The second-order valence-electron chi connectivity index (χ2n) is 6.94. The summed E-state index contributed by atoms with van der Waals surface area (Å²) in [5.74, 6) is 0.423. The topological polar surface area (TPSA) is 67.2 Å². The molecule has 0 spiro atoms. The minimum absolute atomic E-state index is 0.0765. The third-order valence-corrected chi connectivity index (χ3v) is 5.67. The maximum atomic E-state index is 12.5. The minimum atomic E-state index is 0.0765. The van der Waals surface area contributed by atoms with Crippen molar-refractivity contribution in [2.75, 3.05) is 31.8 Å². The highest BCUT2D eigenvalue weighted by Gasteiger charge is 2.22. The molecule has 1 heterocycles. The van der Waals surface area contributed by atoms with Crippen molar-refractivity contribution in [3.63, 3.8) is 0 Å². The van der Waals surface area contributed by atoms with Crippen molar-refractivity contribution in [3.05, 3.63) is 29.8 Å². The van der Waals surface area contributed by atoms with Crippen molar-refractivity contribution in [1.29, 1.82) is 0 Å². The summed E-state index contributed by atoms with van der Waals surface area (Å²) < 4.78 is 1.89. The lowest BCUT2D eigenvalue weighted by molar-refractivity contribution is -0.127. The molecule has 1 aliphatic rings. The molecule has 26 heavy (non-hydrogen) atoms. The summed E-state index contributed by atoms with van der Waals surface area (Å²) in [6, 6.07) is 8.64. The van der Waals surface area contributed by atoms with Crippen LogP contribution in [0, 0.1) is 0 Å². The van der Waals surface area contributed by atoms with Crippen LogP contribution in [0.25, 0.3) is 0 Å². The van der Waals surface area contributed by atoms with Crippen molar-refractivity contribution in [2.24, 2.45) is 0 Å². The van der Waals surface area contributed by atoms with E-state index in [2.05, 4.69) is 44.7 Å². The summed E-state index contributed by atoms with van der Waals surface area (Å²) in [5.41, 5.74) is 2.27. The SMILES string of the molecule is CN(Cc1ccc(N(C)C)cc1)C(=O)CSc1nnnn1C1CCCC1. The van der Waals surface area contributed by atoms with E-state index in [1.54, 1.807) is 4.90 Å². The van der Waals surface area contributed by atoms with Gasteiger partial charge in [-0.15, -0.1) is 5.10 Å². The standard InChI is InChI=1S/C18H26N6OS/c1-22(2)15-10-8-14(9-11-15)12-23(3)17(25)13-26-18-19-20-21-24(18)16-6-4-5-7-16/h8-11,16H,4-7,12-13H2,1-3H3. The van der Waals surface area contributed by atoms with Gasteiger partial charge in [0.05, 0.1) is 11.8 Å². The van der Waals surface area contributed by atoms with Crippen LogP contribution in [-0.2, 0) is 11.3 Å². The molecule has 0 aliphatic heterocycles. The molecule has 7 nitrogen and oxygen atoms in total. The summed E-state index contributed by atoms with van der Waals surface area (Å²) in [6.07, 6.45) is 4.69. The number of carbonyl (C=O) groups is 1. The zero-order valence-corrected chi connectivity index (χ0v) is 16.4. The Kier molecular flexibility index (Phi) is 6.13. The molecule has 1 aliphatic carbocycles. The second kappa shape index (κ2) is 8.53. The molecular weight excluding hydrogens is 348 g/mol. The lowest BCUT2D eigenvalue weighted by Crippen LogP contribution is -2.28. The molecule has 0 unspecified atom stereocenters. The smallest absolute Gasteiger partial charge is 0.233 e. The highest BCUT2D eigenvalue weighted by atomic mass is 32.2. The first kappa shape index (κ1) is 18.7. The van der Waals surface area contributed by atoms with E-state index in [0.717, 1.165) is 29.2 Å². The van der Waals surface area contributed by atoms with Gasteiger partial charge in [-0.2, -0.15) is 0 Å². The van der Waals surface area contributed by atoms with E-state index >= 15 is 0 Å². The van der Waals surface area contributed by atoms with Crippen LogP contribution in [0.5, 0.6) is 0 Å². The molecule has 0 bridgehead atoms. The summed E-state index contributed by atoms with van der Waals surface area (Å²) in [7, 11) is 5.87. The summed E-state index contributed by atoms with van der Waals surface area (Å²) in [6.45, 7) is 0.598. The number of tetrazole rings is 1. The zero-order chi connectivity index (χ0) is 18.5. The number of amides is 1. The average Bonchev–Trinajstić information content (AvgIpc) is 3.31. The van der Waals surface area contributed by atoms with E-state index < -0.39 is 0 Å². The molecule has 1 fully saturated rings. The van der Waals surface area contributed by atoms with Crippen LogP contribution in [0.2, 0.25) is 0 Å². The Balaban J connectivity index is 1.52. The van der Waals surface area contributed by atoms with E-state index in [9.17, 15) is 4.79 Å². The van der Waals surface area contributed by atoms with Crippen LogP contribution in [0.3, 0.4) is 0 Å². The second-order valence-corrected chi connectivity index (χ2v) is 7.89. The third-order valence-electron chi connectivity index (χ3n) is 4.76. The summed E-state index contributed by atoms with van der Waals surface area (Å²) in [4.78, 5) is 16.3. The van der Waals surface area contributed by atoms with E-state index in [1.165, 1.54) is 24.6 Å². The predicted octanol–water partition coefficient (Wildman–Crippen LogP) is 2.60. The number of hydrogen-bond donors (Lipinski definition) is 0. The van der Waals surface area contributed by atoms with Crippen molar-refractivity contribution >= 4 is 23.4 Å². The fourth-order valence-electron chi connectivity index (χ4n) is 3.16. The van der Waals surface area contributed by atoms with Crippen molar-refractivity contribution in [2.45, 2.75) is 43.4 Å². The number of benzene rings is 1. The molecular formula is C18H26N6OS. The quantitative estimate of drug-likeness (QED) is 0.694. The molecule has 1 amide bonds. The van der Waals surface area contributed by atoms with Crippen LogP contribution < -0.4 is 4.90 Å². The van der Waals surface area contributed by atoms with Gasteiger partial charge in [0.2, 0.25) is 11.1 Å². The first-order valence-electron chi connectivity index (χ1n) is 8.95. The van der Waals surface area contributed by atoms with Gasteiger partial charge < -0.3 is 9.80 Å². The summed E-state index contributed by atoms with van der Waals surface area (Å²) >= 11 is 1.42. The predicted molar refractivity (Wildman–Crippen MR) is 103 cm³/mol. The van der Waals surface area contributed by atoms with Crippen LogP contribution in [0.1, 0.15) is 37.3 Å². The van der Waals surface area contributed by atoms with Crippen LogP contribution in [-0.4, -0.2) is 57.9 Å². The Bertz CT molecular complexity index is 724. The summed E-state index contributed by atoms with van der Waals surface area (Å²) in [5, 5.41) is 12.7. The third kappa shape index (κ3) is 4.55. The molecule has 8 heteroatoms. The van der Waals surface area contributed by atoms with Gasteiger partial charge in [-0.1, -0.05) is 36.7 Å². The largest absolute Gasteiger partial charge is 0.378 e. The lowest BCUT2D eigenvalue weighted by Gasteiger charge is -2.18. The van der Waals surface area contributed by atoms with Crippen LogP contribution >= 0.6 is 11.8 Å². The molecule has 140 valence electrons. The molecule has 0 saturated heterocycles. The fraction of sp³-hybridized carbons (Fsp3) is 0.556. The highest BCUT2D eigenvalue weighted by Crippen LogP contribution is 2.31. The van der Waals surface area contributed by atoms with Gasteiger partial charge in [-0.25, -0.2) is 4.68 Å². The zero-order valence-electron chi connectivity index (χ0n) is 15.6. The molecule has 1 saturated carbocycles. The van der Waals surface area contributed by atoms with Gasteiger partial charge in [0.25, 0.3) is 0 Å². The van der Waals surface area contributed by atoms with E-state index in [-0.39, 0.29) is 5.91 Å². The van der Waals surface area contributed by atoms with E-state index in [1.807, 2.05) is 25.8 Å². The van der Waals surface area contributed by atoms with Gasteiger partial charge >= 0.3 is 0 Å². The van der Waals surface area contributed by atoms with Crippen LogP contribution in [0.15, 0.2) is 29.4 Å². The van der Waals surface area contributed by atoms with E-state index in [4.69, 9.17) is 0 Å². The molecule has 1 aromatic heterocycles. The molecule has 0 radical (unpaired) electrons. The van der Waals surface area contributed by atoms with Gasteiger partial charge in [0.1, 0.15) is 0 Å². The number of thioether (sulfide) groups is 1. The molecule has 1 aromatic carbocycles. The molecule has 3 rings (SSSR count). The normalized spacial score (nSPS) is 14.6. The number of rotatable bonds is 7. The first-order valence-corrected chi connectivity index (χ1v) is 9.94. The Hall–Kier alpha value is -2.09. The molecule has 0 atom stereocenters. The Morgan fingerprint density at radius 2 is 1.88 bits per heavy atom. The van der Waals surface area contributed by atoms with Gasteiger partial charge in [0.15, 0.2) is 0 Å². The minimum Gasteiger partial charge on any atom is -0.378 e. The number of nitrogens with zero attached hydrogens (tertiary/aromatic N) is 6. The molecule has 2 aromatic rings. The van der Waals surface area contributed by atoms with Gasteiger partial charge in [-0.05, 0) is 41.0 Å². The average molecular weight is 375 g/mol. The van der Waals surface area contributed by atoms with Crippen molar-refractivity contribution in [3.8, 4) is 0 Å². The van der Waals surface area contributed by atoms with Crippen molar-refractivity contribution in [1.82, 2.24) is 25.1 Å². The maximum Gasteiger partial charge on any atom is 0.233 e. The number of anilines is 1. The maximum absolute atomic E-state index is 12.5. The fourth-order valence-corrected chi connectivity index (χ4v) is 4.04. The van der Waals surface area contributed by atoms with Gasteiger partial charge in [0, 0.05) is 33.4 Å².